The van der Waals surface area contributed by atoms with Gasteiger partial charge in [-0.1, -0.05) is 28.9 Å². The van der Waals surface area contributed by atoms with Gasteiger partial charge in [-0.15, -0.1) is 0 Å². The monoisotopic (exact) mass is 385 g/mol. The van der Waals surface area contributed by atoms with Crippen molar-refractivity contribution in [3.05, 3.63) is 64.5 Å². The molecule has 0 aliphatic heterocycles. The fourth-order valence-corrected chi connectivity index (χ4v) is 2.58. The number of halogens is 1. The summed E-state index contributed by atoms with van der Waals surface area (Å²) < 4.78 is 10.9. The Morgan fingerprint density at radius 2 is 1.93 bits per heavy atom. The third-order valence-electron chi connectivity index (χ3n) is 4.27. The van der Waals surface area contributed by atoms with Gasteiger partial charge in [-0.05, 0) is 55.3 Å². The molecule has 0 aliphatic carbocycles. The molecule has 0 unspecified atom stereocenters. The van der Waals surface area contributed by atoms with Crippen molar-refractivity contribution in [3.63, 3.8) is 0 Å². The first-order valence-electron chi connectivity index (χ1n) is 8.45. The number of hydrogen-bond acceptors (Lipinski definition) is 5. The van der Waals surface area contributed by atoms with Crippen LogP contribution in [-0.4, -0.2) is 34.6 Å². The summed E-state index contributed by atoms with van der Waals surface area (Å²) in [5.41, 5.74) is 2.94. The molecular weight excluding hydrogens is 366 g/mol. The molecule has 6 nitrogen and oxygen atoms in total. The quantitative estimate of drug-likeness (QED) is 0.640. The van der Waals surface area contributed by atoms with Gasteiger partial charge < -0.3 is 14.2 Å². The van der Waals surface area contributed by atoms with Gasteiger partial charge >= 0.3 is 0 Å². The van der Waals surface area contributed by atoms with E-state index in [0.29, 0.717) is 22.5 Å². The van der Waals surface area contributed by atoms with Crippen molar-refractivity contribution < 1.29 is 14.1 Å². The largest absolute Gasteiger partial charge is 0.483 e. The van der Waals surface area contributed by atoms with Crippen LogP contribution in [0.4, 0.5) is 0 Å². The maximum Gasteiger partial charge on any atom is 0.260 e. The standard InChI is InChI=1S/C20H20ClN3O3/c1-13-5-4-6-17(14(13)2)26-12-19(25)24(3)11-18-22-20(23-27-18)15-7-9-16(21)10-8-15/h4-10H,11-12H2,1-3H3. The van der Waals surface area contributed by atoms with Crippen LogP contribution in [0.5, 0.6) is 5.75 Å². The Kier molecular flexibility index (Phi) is 5.76. The fourth-order valence-electron chi connectivity index (χ4n) is 2.46. The predicted molar refractivity (Wildman–Crippen MR) is 103 cm³/mol. The Bertz CT molecular complexity index is 938. The molecule has 0 aliphatic rings. The molecule has 1 aromatic heterocycles. The van der Waals surface area contributed by atoms with E-state index in [1.165, 1.54) is 4.90 Å². The van der Waals surface area contributed by atoms with Crippen molar-refractivity contribution in [2.75, 3.05) is 13.7 Å². The summed E-state index contributed by atoms with van der Waals surface area (Å²) in [7, 11) is 1.67. The molecule has 0 atom stereocenters. The van der Waals surface area contributed by atoms with Gasteiger partial charge in [0.15, 0.2) is 6.61 Å². The van der Waals surface area contributed by atoms with E-state index in [1.807, 2.05) is 44.2 Å². The van der Waals surface area contributed by atoms with Crippen LogP contribution < -0.4 is 4.74 Å². The van der Waals surface area contributed by atoms with E-state index < -0.39 is 0 Å². The van der Waals surface area contributed by atoms with Gasteiger partial charge in [-0.3, -0.25) is 4.79 Å². The van der Waals surface area contributed by atoms with Crippen molar-refractivity contribution in [2.45, 2.75) is 20.4 Å². The van der Waals surface area contributed by atoms with Crippen LogP contribution in [0.15, 0.2) is 47.0 Å². The van der Waals surface area contributed by atoms with E-state index in [4.69, 9.17) is 20.9 Å². The number of benzene rings is 2. The van der Waals surface area contributed by atoms with Crippen molar-refractivity contribution in [1.29, 1.82) is 0 Å². The molecule has 140 valence electrons. The lowest BCUT2D eigenvalue weighted by molar-refractivity contribution is -0.132. The molecule has 1 amide bonds. The Balaban J connectivity index is 1.58. The predicted octanol–water partition coefficient (Wildman–Crippen LogP) is 4.04. The van der Waals surface area contributed by atoms with E-state index in [0.717, 1.165) is 16.7 Å². The van der Waals surface area contributed by atoms with Crippen LogP contribution in [0.1, 0.15) is 17.0 Å². The first kappa shape index (κ1) is 18.9. The van der Waals surface area contributed by atoms with Gasteiger partial charge in [0, 0.05) is 17.6 Å². The van der Waals surface area contributed by atoms with Crippen LogP contribution >= 0.6 is 11.6 Å². The third kappa shape index (κ3) is 4.65. The Morgan fingerprint density at radius 3 is 2.67 bits per heavy atom. The van der Waals surface area contributed by atoms with Crippen molar-refractivity contribution >= 4 is 17.5 Å². The molecule has 3 rings (SSSR count). The highest BCUT2D eigenvalue weighted by Crippen LogP contribution is 2.21. The first-order chi connectivity index (χ1) is 12.9. The summed E-state index contributed by atoms with van der Waals surface area (Å²) in [5, 5.41) is 4.58. The van der Waals surface area contributed by atoms with E-state index in [2.05, 4.69) is 10.1 Å². The van der Waals surface area contributed by atoms with E-state index in [-0.39, 0.29) is 19.1 Å². The van der Waals surface area contributed by atoms with Gasteiger partial charge in [-0.25, -0.2) is 0 Å². The number of hydrogen-bond donors (Lipinski definition) is 0. The molecule has 0 saturated heterocycles. The number of ether oxygens (including phenoxy) is 1. The lowest BCUT2D eigenvalue weighted by Crippen LogP contribution is -2.31. The normalized spacial score (nSPS) is 10.7. The summed E-state index contributed by atoms with van der Waals surface area (Å²) in [6, 6.07) is 12.9. The third-order valence-corrected chi connectivity index (χ3v) is 4.53. The van der Waals surface area contributed by atoms with Crippen molar-refractivity contribution in [2.24, 2.45) is 0 Å². The second kappa shape index (κ2) is 8.22. The van der Waals surface area contributed by atoms with Gasteiger partial charge in [0.2, 0.25) is 11.7 Å². The zero-order valence-electron chi connectivity index (χ0n) is 15.4. The highest BCUT2D eigenvalue weighted by Gasteiger charge is 2.16. The number of rotatable bonds is 6. The summed E-state index contributed by atoms with van der Waals surface area (Å²) in [5.74, 6) is 1.33. The van der Waals surface area contributed by atoms with Gasteiger partial charge in [0.05, 0.1) is 6.54 Å². The minimum Gasteiger partial charge on any atom is -0.483 e. The second-order valence-corrected chi connectivity index (χ2v) is 6.69. The smallest absolute Gasteiger partial charge is 0.260 e. The number of amides is 1. The summed E-state index contributed by atoms with van der Waals surface area (Å²) >= 11 is 5.88. The number of aromatic nitrogens is 2. The SMILES string of the molecule is Cc1cccc(OCC(=O)N(C)Cc2nc(-c3ccc(Cl)cc3)no2)c1C. The van der Waals surface area contributed by atoms with Crippen LogP contribution in [0.25, 0.3) is 11.4 Å². The Labute approximate surface area is 162 Å². The molecule has 0 N–H and O–H groups in total. The minimum atomic E-state index is -0.179. The lowest BCUT2D eigenvalue weighted by atomic mass is 10.1. The highest BCUT2D eigenvalue weighted by molar-refractivity contribution is 6.30. The number of aryl methyl sites for hydroxylation is 1. The van der Waals surface area contributed by atoms with Crippen LogP contribution in [0, 0.1) is 13.8 Å². The van der Waals surface area contributed by atoms with E-state index in [9.17, 15) is 4.79 Å². The average Bonchev–Trinajstić information content (AvgIpc) is 3.11. The molecule has 0 radical (unpaired) electrons. The molecule has 0 spiro atoms. The minimum absolute atomic E-state index is 0.0566. The van der Waals surface area contributed by atoms with Crippen LogP contribution in [0.3, 0.4) is 0 Å². The van der Waals surface area contributed by atoms with Gasteiger partial charge in [-0.2, -0.15) is 4.98 Å². The summed E-state index contributed by atoms with van der Waals surface area (Å²) in [4.78, 5) is 18.1. The summed E-state index contributed by atoms with van der Waals surface area (Å²) in [6.45, 7) is 4.12. The molecule has 0 fully saturated rings. The lowest BCUT2D eigenvalue weighted by Gasteiger charge is -2.16. The average molecular weight is 386 g/mol. The van der Waals surface area contributed by atoms with Gasteiger partial charge in [0.25, 0.3) is 5.91 Å². The van der Waals surface area contributed by atoms with Crippen LogP contribution in [-0.2, 0) is 11.3 Å². The molecule has 2 aromatic carbocycles. The molecule has 7 heteroatoms. The number of nitrogens with zero attached hydrogens (tertiary/aromatic N) is 3. The van der Waals surface area contributed by atoms with E-state index in [1.54, 1.807) is 19.2 Å². The maximum absolute atomic E-state index is 12.3. The maximum atomic E-state index is 12.3. The second-order valence-electron chi connectivity index (χ2n) is 6.26. The molecular formula is C20H20ClN3O3. The fraction of sp³-hybridized carbons (Fsp3) is 0.250. The van der Waals surface area contributed by atoms with Crippen molar-refractivity contribution in [1.82, 2.24) is 15.0 Å². The molecule has 1 heterocycles. The first-order valence-corrected chi connectivity index (χ1v) is 8.83. The van der Waals surface area contributed by atoms with Crippen LogP contribution in [0.2, 0.25) is 5.02 Å². The molecule has 3 aromatic rings. The Morgan fingerprint density at radius 1 is 1.19 bits per heavy atom. The number of likely N-dealkylation sites (N-methyl/N-ethyl adjacent to an activating group) is 1. The van der Waals surface area contributed by atoms with Crippen molar-refractivity contribution in [3.8, 4) is 17.1 Å². The number of carbonyl (C=O) groups excluding carboxylic acids is 1. The molecule has 0 bridgehead atoms. The van der Waals surface area contributed by atoms with E-state index >= 15 is 0 Å². The zero-order valence-corrected chi connectivity index (χ0v) is 16.2. The molecule has 27 heavy (non-hydrogen) atoms. The zero-order chi connectivity index (χ0) is 19.4. The van der Waals surface area contributed by atoms with Gasteiger partial charge in [0.1, 0.15) is 5.75 Å². The molecule has 0 saturated carbocycles. The Hall–Kier alpha value is -2.86. The highest BCUT2D eigenvalue weighted by atomic mass is 35.5. The topological polar surface area (TPSA) is 68.5 Å². The number of carbonyl (C=O) groups is 1. The summed E-state index contributed by atoms with van der Waals surface area (Å²) in [6.07, 6.45) is 0.